The molecule has 0 aromatic heterocycles. The first-order valence-corrected chi connectivity index (χ1v) is 3.26. The first-order valence-electron chi connectivity index (χ1n) is 3.26. The number of nitrogens with one attached hydrogen (secondary N) is 1. The Hall–Kier alpha value is -0.990. The second kappa shape index (κ2) is 2.01. The number of carbonyl (C=O) groups is 1. The van der Waals surface area contributed by atoms with Crippen LogP contribution in [-0.4, -0.2) is 23.5 Å². The predicted molar refractivity (Wildman–Crippen MR) is 39.5 cm³/mol. The van der Waals surface area contributed by atoms with Gasteiger partial charge in [-0.25, -0.2) is 4.79 Å². The zero-order valence-electron chi connectivity index (χ0n) is 6.51. The Kier molecular flexibility index (Phi) is 1.43. The Balaban J connectivity index is 2.79. The van der Waals surface area contributed by atoms with Crippen molar-refractivity contribution in [1.82, 2.24) is 10.2 Å². The SMILES string of the molecule is CN1C=CC(C)(C)NC1=O. The molecule has 1 rings (SSSR count). The van der Waals surface area contributed by atoms with Crippen molar-refractivity contribution in [3.63, 3.8) is 0 Å². The summed E-state index contributed by atoms with van der Waals surface area (Å²) in [5, 5.41) is 2.81. The van der Waals surface area contributed by atoms with Crippen molar-refractivity contribution >= 4 is 6.03 Å². The highest BCUT2D eigenvalue weighted by Crippen LogP contribution is 2.09. The van der Waals surface area contributed by atoms with Crippen LogP contribution in [0.1, 0.15) is 13.8 Å². The molecular weight excluding hydrogens is 128 g/mol. The van der Waals surface area contributed by atoms with E-state index in [1.807, 2.05) is 19.9 Å². The smallest absolute Gasteiger partial charge is 0.321 e. The highest BCUT2D eigenvalue weighted by molar-refractivity contribution is 5.77. The van der Waals surface area contributed by atoms with Crippen molar-refractivity contribution < 1.29 is 4.79 Å². The largest absolute Gasteiger partial charge is 0.329 e. The maximum absolute atomic E-state index is 11.0. The van der Waals surface area contributed by atoms with Gasteiger partial charge in [0, 0.05) is 13.2 Å². The number of amides is 2. The number of hydrogen-bond acceptors (Lipinski definition) is 1. The van der Waals surface area contributed by atoms with E-state index in [1.165, 1.54) is 4.90 Å². The van der Waals surface area contributed by atoms with Gasteiger partial charge in [-0.1, -0.05) is 0 Å². The van der Waals surface area contributed by atoms with E-state index in [1.54, 1.807) is 13.2 Å². The molecule has 0 radical (unpaired) electrons. The van der Waals surface area contributed by atoms with Crippen molar-refractivity contribution in [2.75, 3.05) is 7.05 Å². The molecule has 1 heterocycles. The minimum absolute atomic E-state index is 0.0486. The predicted octanol–water partition coefficient (Wildman–Crippen LogP) is 0.934. The molecule has 0 unspecified atom stereocenters. The van der Waals surface area contributed by atoms with Crippen LogP contribution >= 0.6 is 0 Å². The van der Waals surface area contributed by atoms with Gasteiger partial charge in [0.2, 0.25) is 0 Å². The van der Waals surface area contributed by atoms with E-state index >= 15 is 0 Å². The van der Waals surface area contributed by atoms with Crippen LogP contribution < -0.4 is 5.32 Å². The third kappa shape index (κ3) is 1.29. The van der Waals surface area contributed by atoms with Crippen molar-refractivity contribution in [1.29, 1.82) is 0 Å². The molecule has 0 spiro atoms. The minimum Gasteiger partial charge on any atom is -0.329 e. The molecule has 0 saturated heterocycles. The van der Waals surface area contributed by atoms with E-state index in [9.17, 15) is 4.79 Å². The third-order valence-electron chi connectivity index (χ3n) is 1.46. The Morgan fingerprint density at radius 1 is 1.60 bits per heavy atom. The fraction of sp³-hybridized carbons (Fsp3) is 0.571. The van der Waals surface area contributed by atoms with Gasteiger partial charge in [0.1, 0.15) is 0 Å². The fourth-order valence-corrected chi connectivity index (χ4v) is 0.771. The van der Waals surface area contributed by atoms with Crippen LogP contribution in [0.3, 0.4) is 0 Å². The lowest BCUT2D eigenvalue weighted by atomic mass is 10.1. The second-order valence-electron chi connectivity index (χ2n) is 3.08. The van der Waals surface area contributed by atoms with E-state index in [0.717, 1.165) is 0 Å². The van der Waals surface area contributed by atoms with Gasteiger partial charge < -0.3 is 10.2 Å². The number of urea groups is 1. The van der Waals surface area contributed by atoms with Crippen LogP contribution in [0.2, 0.25) is 0 Å². The number of rotatable bonds is 0. The molecular formula is C7H12N2O. The quantitative estimate of drug-likeness (QED) is 0.533. The second-order valence-corrected chi connectivity index (χ2v) is 3.08. The van der Waals surface area contributed by atoms with Gasteiger partial charge >= 0.3 is 6.03 Å². The molecule has 3 nitrogen and oxygen atoms in total. The number of carbonyl (C=O) groups excluding carboxylic acids is 1. The molecule has 10 heavy (non-hydrogen) atoms. The monoisotopic (exact) mass is 140 g/mol. The molecule has 0 aliphatic carbocycles. The lowest BCUT2D eigenvalue weighted by Crippen LogP contribution is -2.49. The van der Waals surface area contributed by atoms with Gasteiger partial charge in [-0.05, 0) is 19.9 Å². The molecule has 1 N–H and O–H groups in total. The first kappa shape index (κ1) is 7.12. The van der Waals surface area contributed by atoms with Gasteiger partial charge in [0.25, 0.3) is 0 Å². The van der Waals surface area contributed by atoms with Crippen LogP contribution in [0.25, 0.3) is 0 Å². The van der Waals surface area contributed by atoms with Crippen molar-refractivity contribution in [2.45, 2.75) is 19.4 Å². The average molecular weight is 140 g/mol. The average Bonchev–Trinajstić information content (AvgIpc) is 1.79. The van der Waals surface area contributed by atoms with Gasteiger partial charge in [-0.15, -0.1) is 0 Å². The number of nitrogens with zero attached hydrogens (tertiary/aromatic N) is 1. The van der Waals surface area contributed by atoms with E-state index in [-0.39, 0.29) is 11.6 Å². The van der Waals surface area contributed by atoms with Gasteiger partial charge in [0.15, 0.2) is 0 Å². The summed E-state index contributed by atoms with van der Waals surface area (Å²) in [5.74, 6) is 0. The molecule has 1 aliphatic rings. The highest BCUT2D eigenvalue weighted by Gasteiger charge is 2.22. The molecule has 0 fully saturated rings. The van der Waals surface area contributed by atoms with Crippen molar-refractivity contribution in [3.05, 3.63) is 12.3 Å². The summed E-state index contributed by atoms with van der Waals surface area (Å²) in [7, 11) is 1.72. The number of hydrogen-bond donors (Lipinski definition) is 1. The standard InChI is InChI=1S/C7H12N2O/c1-7(2)4-5-9(3)6(10)8-7/h4-5H,1-3H3,(H,8,10). The van der Waals surface area contributed by atoms with E-state index in [4.69, 9.17) is 0 Å². The van der Waals surface area contributed by atoms with Gasteiger partial charge in [0.05, 0.1) is 5.54 Å². The molecule has 1 aliphatic heterocycles. The molecule has 56 valence electrons. The highest BCUT2D eigenvalue weighted by atomic mass is 16.2. The molecule has 0 bridgehead atoms. The van der Waals surface area contributed by atoms with E-state index < -0.39 is 0 Å². The summed E-state index contributed by atoms with van der Waals surface area (Å²) >= 11 is 0. The maximum atomic E-state index is 11.0. The zero-order chi connectivity index (χ0) is 7.78. The van der Waals surface area contributed by atoms with Crippen LogP contribution in [-0.2, 0) is 0 Å². The summed E-state index contributed by atoms with van der Waals surface area (Å²) in [6.45, 7) is 3.91. The summed E-state index contributed by atoms with van der Waals surface area (Å²) in [5.41, 5.74) is -0.191. The summed E-state index contributed by atoms with van der Waals surface area (Å²) in [4.78, 5) is 12.5. The molecule has 0 aromatic rings. The Morgan fingerprint density at radius 3 is 2.60 bits per heavy atom. The minimum atomic E-state index is -0.191. The maximum Gasteiger partial charge on any atom is 0.321 e. The fourth-order valence-electron chi connectivity index (χ4n) is 0.771. The molecule has 0 aromatic carbocycles. The lowest BCUT2D eigenvalue weighted by molar-refractivity contribution is 0.210. The summed E-state index contributed by atoms with van der Waals surface area (Å²) < 4.78 is 0. The van der Waals surface area contributed by atoms with Crippen LogP contribution in [0, 0.1) is 0 Å². The Bertz CT molecular complexity index is 184. The van der Waals surface area contributed by atoms with Gasteiger partial charge in [-0.2, -0.15) is 0 Å². The lowest BCUT2D eigenvalue weighted by Gasteiger charge is -2.30. The first-order chi connectivity index (χ1) is 4.51. The molecule has 0 saturated carbocycles. The zero-order valence-corrected chi connectivity index (χ0v) is 6.51. The van der Waals surface area contributed by atoms with E-state index in [0.29, 0.717) is 0 Å². The van der Waals surface area contributed by atoms with Crippen LogP contribution in [0.15, 0.2) is 12.3 Å². The Morgan fingerprint density at radius 2 is 2.20 bits per heavy atom. The molecule has 0 atom stereocenters. The van der Waals surface area contributed by atoms with Crippen LogP contribution in [0.5, 0.6) is 0 Å². The summed E-state index contributed by atoms with van der Waals surface area (Å²) in [6, 6.07) is -0.0486. The van der Waals surface area contributed by atoms with Crippen molar-refractivity contribution in [3.8, 4) is 0 Å². The third-order valence-corrected chi connectivity index (χ3v) is 1.46. The summed E-state index contributed by atoms with van der Waals surface area (Å²) in [6.07, 6.45) is 3.73. The van der Waals surface area contributed by atoms with Crippen LogP contribution in [0.4, 0.5) is 4.79 Å². The van der Waals surface area contributed by atoms with Gasteiger partial charge in [-0.3, -0.25) is 0 Å². The topological polar surface area (TPSA) is 32.3 Å². The van der Waals surface area contributed by atoms with E-state index in [2.05, 4.69) is 5.32 Å². The Labute approximate surface area is 60.7 Å². The normalized spacial score (nSPS) is 22.7. The molecule has 3 heteroatoms. The molecule has 2 amide bonds. The van der Waals surface area contributed by atoms with Crippen molar-refractivity contribution in [2.24, 2.45) is 0 Å².